The minimum absolute atomic E-state index is 0.287. The van der Waals surface area contributed by atoms with Gasteiger partial charge in [0.15, 0.2) is 0 Å². The van der Waals surface area contributed by atoms with E-state index in [1.165, 1.54) is 5.56 Å². The summed E-state index contributed by atoms with van der Waals surface area (Å²) in [5.41, 5.74) is 0.740. The molecule has 2 N–H and O–H groups in total. The quantitative estimate of drug-likeness (QED) is 0.853. The normalized spacial score (nSPS) is 21.7. The summed E-state index contributed by atoms with van der Waals surface area (Å²) in [5, 5.41) is 14.0. The first-order valence-corrected chi connectivity index (χ1v) is 6.78. The van der Waals surface area contributed by atoms with Crippen molar-refractivity contribution in [2.45, 2.75) is 31.4 Å². The number of aliphatic hydroxyl groups is 1. The summed E-state index contributed by atoms with van der Waals surface area (Å²) >= 11 is 0. The number of nitrogens with one attached hydrogen (secondary N) is 1. The Hall–Kier alpha value is -0.900. The number of piperidine rings is 1. The molecule has 3 nitrogen and oxygen atoms in total. The number of likely N-dealkylation sites (tertiary alicyclic amines) is 1. The molecule has 1 aromatic carbocycles. The summed E-state index contributed by atoms with van der Waals surface area (Å²) in [7, 11) is 2.11. The van der Waals surface area contributed by atoms with Crippen LogP contribution in [0.25, 0.3) is 0 Å². The molecular weight excluding hydrogens is 224 g/mol. The largest absolute Gasteiger partial charge is 0.388 e. The first kappa shape index (κ1) is 13.5. The predicted octanol–water partition coefficient (Wildman–Crippen LogP) is 1.79. The molecule has 3 heteroatoms. The highest BCUT2D eigenvalue weighted by atomic mass is 16.3. The third-order valence-electron chi connectivity index (χ3n) is 3.95. The van der Waals surface area contributed by atoms with Crippen LogP contribution in [0.5, 0.6) is 0 Å². The molecule has 100 valence electrons. The highest BCUT2D eigenvalue weighted by Crippen LogP contribution is 2.22. The molecule has 1 atom stereocenters. The molecule has 18 heavy (non-hydrogen) atoms. The molecule has 1 aromatic rings. The lowest BCUT2D eigenvalue weighted by Crippen LogP contribution is -2.49. The molecule has 1 saturated heterocycles. The molecule has 0 bridgehead atoms. The molecule has 2 rings (SSSR count). The van der Waals surface area contributed by atoms with Crippen molar-refractivity contribution in [3.63, 3.8) is 0 Å². The summed E-state index contributed by atoms with van der Waals surface area (Å²) in [6.07, 6.45) is 1.72. The Bertz CT molecular complexity index is 358. The van der Waals surface area contributed by atoms with Crippen LogP contribution in [0.1, 0.15) is 31.4 Å². The monoisotopic (exact) mass is 248 g/mol. The zero-order chi connectivity index (χ0) is 13.0. The first-order valence-electron chi connectivity index (χ1n) is 6.78. The fourth-order valence-electron chi connectivity index (χ4n) is 2.41. The number of nitrogens with zero attached hydrogens (tertiary/aromatic N) is 1. The van der Waals surface area contributed by atoms with Gasteiger partial charge in [0.2, 0.25) is 0 Å². The zero-order valence-corrected chi connectivity index (χ0v) is 11.4. The van der Waals surface area contributed by atoms with Crippen molar-refractivity contribution in [1.82, 2.24) is 10.2 Å². The van der Waals surface area contributed by atoms with E-state index < -0.39 is 5.60 Å². The molecule has 1 unspecified atom stereocenters. The van der Waals surface area contributed by atoms with Gasteiger partial charge in [-0.15, -0.1) is 0 Å². The maximum absolute atomic E-state index is 10.5. The molecule has 0 spiro atoms. The Kier molecular flexibility index (Phi) is 4.38. The van der Waals surface area contributed by atoms with E-state index in [1.807, 2.05) is 6.07 Å². The maximum atomic E-state index is 10.5. The van der Waals surface area contributed by atoms with Gasteiger partial charge in [0.05, 0.1) is 5.60 Å². The van der Waals surface area contributed by atoms with Crippen molar-refractivity contribution >= 4 is 0 Å². The van der Waals surface area contributed by atoms with Crippen LogP contribution >= 0.6 is 0 Å². The van der Waals surface area contributed by atoms with Crippen molar-refractivity contribution in [2.75, 3.05) is 26.7 Å². The van der Waals surface area contributed by atoms with Crippen molar-refractivity contribution in [3.8, 4) is 0 Å². The van der Waals surface area contributed by atoms with E-state index in [2.05, 4.69) is 48.5 Å². The molecular formula is C15H24N2O. The van der Waals surface area contributed by atoms with Crippen LogP contribution in [0.2, 0.25) is 0 Å². The molecule has 1 aliphatic rings. The van der Waals surface area contributed by atoms with E-state index in [4.69, 9.17) is 0 Å². The van der Waals surface area contributed by atoms with E-state index in [0.717, 1.165) is 25.9 Å². The van der Waals surface area contributed by atoms with Gasteiger partial charge in [-0.25, -0.2) is 0 Å². The van der Waals surface area contributed by atoms with Crippen molar-refractivity contribution < 1.29 is 5.11 Å². The van der Waals surface area contributed by atoms with Crippen LogP contribution in [0, 0.1) is 0 Å². The second-order valence-electron chi connectivity index (χ2n) is 5.54. The lowest BCUT2D eigenvalue weighted by atomic mass is 9.91. The Morgan fingerprint density at radius 3 is 2.50 bits per heavy atom. The molecule has 1 fully saturated rings. The number of rotatable bonds is 4. The van der Waals surface area contributed by atoms with Gasteiger partial charge in [-0.05, 0) is 32.4 Å². The minimum atomic E-state index is -0.532. The van der Waals surface area contributed by atoms with Crippen LogP contribution in [0.3, 0.4) is 0 Å². The standard InChI is InChI=1S/C15H24N2O/c1-13(14-6-4-3-5-7-14)16-12-15(18)8-10-17(2)11-9-15/h3-7,13,16,18H,8-12H2,1-2H3. The lowest BCUT2D eigenvalue weighted by molar-refractivity contribution is -0.0159. The number of hydrogen-bond acceptors (Lipinski definition) is 3. The van der Waals surface area contributed by atoms with E-state index in [0.29, 0.717) is 6.54 Å². The summed E-state index contributed by atoms with van der Waals surface area (Å²) in [4.78, 5) is 2.27. The van der Waals surface area contributed by atoms with Crippen LogP contribution < -0.4 is 5.32 Å². The molecule has 1 heterocycles. The van der Waals surface area contributed by atoms with Crippen LogP contribution in [0.15, 0.2) is 30.3 Å². The second-order valence-corrected chi connectivity index (χ2v) is 5.54. The van der Waals surface area contributed by atoms with E-state index >= 15 is 0 Å². The molecule has 0 amide bonds. The zero-order valence-electron chi connectivity index (χ0n) is 11.4. The van der Waals surface area contributed by atoms with Crippen LogP contribution in [0.4, 0.5) is 0 Å². The maximum Gasteiger partial charge on any atom is 0.0796 e. The minimum Gasteiger partial charge on any atom is -0.388 e. The van der Waals surface area contributed by atoms with Gasteiger partial charge in [-0.3, -0.25) is 0 Å². The highest BCUT2D eigenvalue weighted by Gasteiger charge is 2.31. The Balaban J connectivity index is 1.84. The summed E-state index contributed by atoms with van der Waals surface area (Å²) in [5.74, 6) is 0. The van der Waals surface area contributed by atoms with Gasteiger partial charge in [0.25, 0.3) is 0 Å². The third-order valence-corrected chi connectivity index (χ3v) is 3.95. The predicted molar refractivity (Wildman–Crippen MR) is 74.5 cm³/mol. The number of hydrogen-bond donors (Lipinski definition) is 2. The SMILES string of the molecule is CC(NCC1(O)CCN(C)CC1)c1ccccc1. The van der Waals surface area contributed by atoms with Gasteiger partial charge >= 0.3 is 0 Å². The summed E-state index contributed by atoms with van der Waals surface area (Å²) in [6, 6.07) is 10.7. The highest BCUT2D eigenvalue weighted by molar-refractivity contribution is 5.18. The smallest absolute Gasteiger partial charge is 0.0796 e. The second kappa shape index (κ2) is 5.83. The van der Waals surface area contributed by atoms with Crippen LogP contribution in [-0.4, -0.2) is 42.3 Å². The first-order chi connectivity index (χ1) is 8.59. The van der Waals surface area contributed by atoms with Crippen molar-refractivity contribution in [2.24, 2.45) is 0 Å². The Labute approximate surface area is 110 Å². The van der Waals surface area contributed by atoms with Crippen molar-refractivity contribution in [3.05, 3.63) is 35.9 Å². The Morgan fingerprint density at radius 2 is 1.89 bits per heavy atom. The molecule has 0 saturated carbocycles. The average molecular weight is 248 g/mol. The summed E-state index contributed by atoms with van der Waals surface area (Å²) in [6.45, 7) is 4.79. The fraction of sp³-hybridized carbons (Fsp3) is 0.600. The lowest BCUT2D eigenvalue weighted by Gasteiger charge is -2.37. The van der Waals surface area contributed by atoms with Gasteiger partial charge in [0, 0.05) is 25.7 Å². The molecule has 0 aliphatic carbocycles. The topological polar surface area (TPSA) is 35.5 Å². The van der Waals surface area contributed by atoms with Crippen LogP contribution in [-0.2, 0) is 0 Å². The van der Waals surface area contributed by atoms with Gasteiger partial charge in [0.1, 0.15) is 0 Å². The molecule has 1 aliphatic heterocycles. The summed E-state index contributed by atoms with van der Waals surface area (Å²) < 4.78 is 0. The van der Waals surface area contributed by atoms with Gasteiger partial charge in [-0.1, -0.05) is 30.3 Å². The Morgan fingerprint density at radius 1 is 1.28 bits per heavy atom. The van der Waals surface area contributed by atoms with Crippen molar-refractivity contribution in [1.29, 1.82) is 0 Å². The van der Waals surface area contributed by atoms with E-state index in [9.17, 15) is 5.11 Å². The van der Waals surface area contributed by atoms with Gasteiger partial charge < -0.3 is 15.3 Å². The number of benzene rings is 1. The van der Waals surface area contributed by atoms with Gasteiger partial charge in [-0.2, -0.15) is 0 Å². The fourth-order valence-corrected chi connectivity index (χ4v) is 2.41. The van der Waals surface area contributed by atoms with E-state index in [1.54, 1.807) is 0 Å². The molecule has 0 radical (unpaired) electrons. The molecule has 0 aromatic heterocycles. The third kappa shape index (κ3) is 3.55. The van der Waals surface area contributed by atoms with E-state index in [-0.39, 0.29) is 6.04 Å². The average Bonchev–Trinajstić information content (AvgIpc) is 2.41.